The topological polar surface area (TPSA) is 90.9 Å². The molecule has 3 rings (SSSR count). The number of imidazole rings is 1. The number of hydrogen-bond donors (Lipinski definition) is 2. The van der Waals surface area contributed by atoms with E-state index in [4.69, 9.17) is 20.2 Å². The SMILES string of the molecule is COc1ccc(CCc2nc3cc(C(C(C)=O)=C(C)N)ccn3c2NC(C)C)cc1OC. The van der Waals surface area contributed by atoms with Crippen LogP contribution in [0.5, 0.6) is 11.5 Å². The molecule has 7 nitrogen and oxygen atoms in total. The molecule has 0 atom stereocenters. The summed E-state index contributed by atoms with van der Waals surface area (Å²) in [5.41, 5.74) is 10.6. The number of carbonyl (C=O) groups is 1. The molecule has 170 valence electrons. The third-order valence-electron chi connectivity index (χ3n) is 5.26. The van der Waals surface area contributed by atoms with Crippen LogP contribution in [0.3, 0.4) is 0 Å². The molecule has 1 aromatic carbocycles. The van der Waals surface area contributed by atoms with Gasteiger partial charge in [0.15, 0.2) is 17.3 Å². The summed E-state index contributed by atoms with van der Waals surface area (Å²) in [5.74, 6) is 2.32. The van der Waals surface area contributed by atoms with Gasteiger partial charge in [0.1, 0.15) is 11.5 Å². The lowest BCUT2D eigenvalue weighted by Gasteiger charge is -2.13. The summed E-state index contributed by atoms with van der Waals surface area (Å²) in [6.45, 7) is 7.47. The van der Waals surface area contributed by atoms with Crippen molar-refractivity contribution in [1.29, 1.82) is 0 Å². The van der Waals surface area contributed by atoms with E-state index in [1.54, 1.807) is 21.1 Å². The number of nitrogens with one attached hydrogen (secondary N) is 1. The van der Waals surface area contributed by atoms with E-state index >= 15 is 0 Å². The van der Waals surface area contributed by atoms with E-state index in [0.29, 0.717) is 22.8 Å². The van der Waals surface area contributed by atoms with Crippen molar-refractivity contribution in [2.24, 2.45) is 5.73 Å². The number of benzene rings is 1. The summed E-state index contributed by atoms with van der Waals surface area (Å²) in [6.07, 6.45) is 3.48. The number of anilines is 1. The minimum absolute atomic E-state index is 0.0601. The van der Waals surface area contributed by atoms with E-state index in [2.05, 4.69) is 19.2 Å². The Kier molecular flexibility index (Phi) is 7.08. The minimum atomic E-state index is -0.0601. The fraction of sp³-hybridized carbons (Fsp3) is 0.360. The van der Waals surface area contributed by atoms with Gasteiger partial charge in [0.2, 0.25) is 0 Å². The third-order valence-corrected chi connectivity index (χ3v) is 5.26. The van der Waals surface area contributed by atoms with Gasteiger partial charge in [0.05, 0.1) is 19.9 Å². The number of nitrogens with two attached hydrogens (primary N) is 1. The maximum absolute atomic E-state index is 12.1. The number of hydrogen-bond acceptors (Lipinski definition) is 6. The van der Waals surface area contributed by atoms with Crippen LogP contribution in [0.2, 0.25) is 0 Å². The largest absolute Gasteiger partial charge is 0.493 e. The van der Waals surface area contributed by atoms with Gasteiger partial charge >= 0.3 is 0 Å². The first-order valence-electron chi connectivity index (χ1n) is 10.7. The third kappa shape index (κ3) is 4.88. The molecule has 0 spiro atoms. The van der Waals surface area contributed by atoms with Gasteiger partial charge in [-0.2, -0.15) is 0 Å². The molecule has 2 heterocycles. The van der Waals surface area contributed by atoms with Crippen LogP contribution in [0.1, 0.15) is 44.5 Å². The second kappa shape index (κ2) is 9.77. The van der Waals surface area contributed by atoms with Gasteiger partial charge in [-0.15, -0.1) is 0 Å². The average Bonchev–Trinajstić information content (AvgIpc) is 3.07. The van der Waals surface area contributed by atoms with Crippen molar-refractivity contribution in [2.75, 3.05) is 19.5 Å². The van der Waals surface area contributed by atoms with E-state index in [0.717, 1.165) is 41.1 Å². The van der Waals surface area contributed by atoms with Crippen LogP contribution in [0.15, 0.2) is 42.2 Å². The number of aromatic nitrogens is 2. The van der Waals surface area contributed by atoms with Gasteiger partial charge in [-0.05, 0) is 75.9 Å². The van der Waals surface area contributed by atoms with E-state index < -0.39 is 0 Å². The molecule has 3 N–H and O–H groups in total. The summed E-state index contributed by atoms with van der Waals surface area (Å²) in [5, 5.41) is 3.52. The Labute approximate surface area is 189 Å². The number of fused-ring (bicyclic) bond motifs is 1. The number of Topliss-reactive ketones (excluding diaryl/α,β-unsaturated/α-hetero) is 1. The molecule has 3 aromatic rings. The standard InChI is InChI=1S/C25H32N4O3/c1-15(2)27-25-20(9-7-18-8-10-21(31-5)22(13-18)32-6)28-23-14-19(11-12-29(23)25)24(16(3)26)17(4)30/h8,10-15,27H,7,9,26H2,1-6H3. The number of methoxy groups -OCH3 is 2. The molecule has 32 heavy (non-hydrogen) atoms. The van der Waals surface area contributed by atoms with Crippen molar-refractivity contribution in [1.82, 2.24) is 9.38 Å². The van der Waals surface area contributed by atoms with Crippen LogP contribution in [0.25, 0.3) is 11.2 Å². The molecule has 0 amide bonds. The Hall–Kier alpha value is -3.48. The highest BCUT2D eigenvalue weighted by molar-refractivity contribution is 6.20. The summed E-state index contributed by atoms with van der Waals surface area (Å²) in [6, 6.07) is 10.0. The van der Waals surface area contributed by atoms with E-state index in [-0.39, 0.29) is 11.8 Å². The van der Waals surface area contributed by atoms with E-state index in [1.165, 1.54) is 6.92 Å². The van der Waals surface area contributed by atoms with E-state index in [1.807, 2.05) is 40.9 Å². The first-order valence-corrected chi connectivity index (χ1v) is 10.7. The molecule has 0 unspecified atom stereocenters. The number of pyridine rings is 1. The number of rotatable bonds is 9. The number of aryl methyl sites for hydroxylation is 2. The predicted octanol–water partition coefficient (Wildman–Crippen LogP) is 4.24. The zero-order valence-electron chi connectivity index (χ0n) is 19.7. The Bertz CT molecular complexity index is 1160. The highest BCUT2D eigenvalue weighted by Gasteiger charge is 2.17. The van der Waals surface area contributed by atoms with Crippen LogP contribution in [-0.2, 0) is 17.6 Å². The summed E-state index contributed by atoms with van der Waals surface area (Å²) in [4.78, 5) is 17.0. The smallest absolute Gasteiger partial charge is 0.162 e. The first-order chi connectivity index (χ1) is 15.2. The number of allylic oxidation sites excluding steroid dienone is 2. The Morgan fingerprint density at radius 3 is 2.41 bits per heavy atom. The molecule has 0 aliphatic rings. The van der Waals surface area contributed by atoms with Crippen molar-refractivity contribution in [3.63, 3.8) is 0 Å². The van der Waals surface area contributed by atoms with Gasteiger partial charge < -0.3 is 20.5 Å². The normalized spacial score (nSPS) is 12.1. The summed E-state index contributed by atoms with van der Waals surface area (Å²) in [7, 11) is 3.27. The second-order valence-corrected chi connectivity index (χ2v) is 8.15. The Morgan fingerprint density at radius 2 is 1.81 bits per heavy atom. The molecule has 0 aliphatic carbocycles. The molecule has 0 radical (unpaired) electrons. The zero-order valence-corrected chi connectivity index (χ0v) is 19.7. The molecule has 2 aromatic heterocycles. The lowest BCUT2D eigenvalue weighted by molar-refractivity contribution is -0.111. The number of ketones is 1. The number of carbonyl (C=O) groups excluding carboxylic acids is 1. The molecule has 7 heteroatoms. The number of nitrogens with zero attached hydrogens (tertiary/aromatic N) is 2. The number of ether oxygens (including phenoxy) is 2. The van der Waals surface area contributed by atoms with Crippen LogP contribution in [0, 0.1) is 0 Å². The maximum Gasteiger partial charge on any atom is 0.162 e. The van der Waals surface area contributed by atoms with Crippen LogP contribution >= 0.6 is 0 Å². The lowest BCUT2D eigenvalue weighted by Crippen LogP contribution is -2.13. The predicted molar refractivity (Wildman–Crippen MR) is 128 cm³/mol. The first kappa shape index (κ1) is 23.2. The van der Waals surface area contributed by atoms with Gasteiger partial charge in [0.25, 0.3) is 0 Å². The minimum Gasteiger partial charge on any atom is -0.493 e. The molecule has 0 saturated carbocycles. The van der Waals surface area contributed by atoms with Crippen LogP contribution in [0.4, 0.5) is 5.82 Å². The summed E-state index contributed by atoms with van der Waals surface area (Å²) >= 11 is 0. The molecule has 0 fully saturated rings. The quantitative estimate of drug-likeness (QED) is 0.488. The van der Waals surface area contributed by atoms with Crippen molar-refractivity contribution in [3.05, 3.63) is 59.0 Å². The van der Waals surface area contributed by atoms with Crippen molar-refractivity contribution < 1.29 is 14.3 Å². The highest BCUT2D eigenvalue weighted by atomic mass is 16.5. The fourth-order valence-corrected chi connectivity index (χ4v) is 3.86. The Balaban J connectivity index is 1.98. The molecule has 0 aliphatic heterocycles. The molecule has 0 saturated heterocycles. The average molecular weight is 437 g/mol. The van der Waals surface area contributed by atoms with Gasteiger partial charge in [-0.3, -0.25) is 9.20 Å². The Morgan fingerprint density at radius 1 is 1.09 bits per heavy atom. The van der Waals surface area contributed by atoms with Gasteiger partial charge in [-0.1, -0.05) is 6.07 Å². The maximum atomic E-state index is 12.1. The lowest BCUT2D eigenvalue weighted by atomic mass is 10.0. The highest BCUT2D eigenvalue weighted by Crippen LogP contribution is 2.29. The monoisotopic (exact) mass is 436 g/mol. The van der Waals surface area contributed by atoms with E-state index in [9.17, 15) is 4.79 Å². The van der Waals surface area contributed by atoms with Crippen molar-refractivity contribution in [2.45, 2.75) is 46.6 Å². The fourth-order valence-electron chi connectivity index (χ4n) is 3.86. The zero-order chi connectivity index (χ0) is 23.4. The molecule has 0 bridgehead atoms. The van der Waals surface area contributed by atoms with Gasteiger partial charge in [-0.25, -0.2) is 4.98 Å². The van der Waals surface area contributed by atoms with Crippen LogP contribution in [-0.4, -0.2) is 35.4 Å². The second-order valence-electron chi connectivity index (χ2n) is 8.15. The van der Waals surface area contributed by atoms with Crippen molar-refractivity contribution >= 4 is 22.8 Å². The van der Waals surface area contributed by atoms with Gasteiger partial charge in [0, 0.05) is 23.5 Å². The molecular formula is C25H32N4O3. The van der Waals surface area contributed by atoms with Crippen LogP contribution < -0.4 is 20.5 Å². The molecular weight excluding hydrogens is 404 g/mol. The summed E-state index contributed by atoms with van der Waals surface area (Å²) < 4.78 is 12.8. The van der Waals surface area contributed by atoms with Crippen molar-refractivity contribution in [3.8, 4) is 11.5 Å².